The number of aromatic nitrogens is 3. The molecule has 2 aromatic heterocycles. The lowest BCUT2D eigenvalue weighted by molar-refractivity contribution is -0.144. The number of ether oxygens (including phenoxy) is 1. The quantitative estimate of drug-likeness (QED) is 0.589. The van der Waals surface area contributed by atoms with Gasteiger partial charge in [0.25, 0.3) is 5.89 Å². The normalized spacial score (nSPS) is 13.9. The number of hydrogen-bond donors (Lipinski definition) is 0. The van der Waals surface area contributed by atoms with Crippen molar-refractivity contribution < 1.29 is 18.8 Å². The van der Waals surface area contributed by atoms with Gasteiger partial charge in [-0.05, 0) is 25.5 Å². The van der Waals surface area contributed by atoms with Gasteiger partial charge in [0.15, 0.2) is 11.7 Å². The molecule has 4 rings (SSSR count). The van der Waals surface area contributed by atoms with Crippen LogP contribution in [0.25, 0.3) is 11.5 Å². The molecule has 1 amide bonds. The molecule has 0 radical (unpaired) electrons. The summed E-state index contributed by atoms with van der Waals surface area (Å²) in [7, 11) is 0. The van der Waals surface area contributed by atoms with Crippen LogP contribution in [0.2, 0.25) is 0 Å². The Kier molecular flexibility index (Phi) is 5.16. The molecule has 9 heteroatoms. The maximum atomic E-state index is 12.1. The average Bonchev–Trinajstić information content (AvgIpc) is 3.41. The highest BCUT2D eigenvalue weighted by atomic mass is 32.1. The van der Waals surface area contributed by atoms with Crippen LogP contribution in [0.15, 0.2) is 34.2 Å². The number of aryl methyl sites for hydroxylation is 1. The predicted octanol–water partition coefficient (Wildman–Crippen LogP) is 2.91. The van der Waals surface area contributed by atoms with Crippen LogP contribution in [0.3, 0.4) is 0 Å². The van der Waals surface area contributed by atoms with Crippen LogP contribution in [0.1, 0.15) is 29.9 Å². The van der Waals surface area contributed by atoms with Gasteiger partial charge in [-0.3, -0.25) is 14.5 Å². The van der Waals surface area contributed by atoms with Crippen molar-refractivity contribution in [3.05, 3.63) is 46.7 Å². The second-order valence-electron chi connectivity index (χ2n) is 6.49. The molecule has 1 aliphatic heterocycles. The van der Waals surface area contributed by atoms with Crippen LogP contribution in [-0.4, -0.2) is 33.5 Å². The summed E-state index contributed by atoms with van der Waals surface area (Å²) in [4.78, 5) is 34.1. The van der Waals surface area contributed by atoms with Crippen molar-refractivity contribution in [2.75, 3.05) is 11.4 Å². The van der Waals surface area contributed by atoms with Crippen molar-refractivity contribution in [2.45, 2.75) is 32.8 Å². The monoisotopic (exact) mass is 398 g/mol. The number of amides is 1. The Hall–Kier alpha value is -3.07. The van der Waals surface area contributed by atoms with Crippen LogP contribution in [0, 0.1) is 6.92 Å². The van der Waals surface area contributed by atoms with Gasteiger partial charge in [-0.1, -0.05) is 22.9 Å². The second-order valence-corrected chi connectivity index (χ2v) is 7.33. The van der Waals surface area contributed by atoms with E-state index in [1.807, 2.05) is 31.2 Å². The zero-order valence-electron chi connectivity index (χ0n) is 15.3. The van der Waals surface area contributed by atoms with Crippen LogP contribution < -0.4 is 4.90 Å². The fraction of sp³-hybridized carbons (Fsp3) is 0.316. The standard InChI is InChI=1S/C19H18N4O4S/c1-12-4-6-13(7-5-12)18-21-15(22-27-18)10-26-17(25)9-14-11-28-19(20-14)23-8-2-3-16(23)24/h4-7,11H,2-3,8-10H2,1H3. The molecule has 0 unspecified atom stereocenters. The predicted molar refractivity (Wildman–Crippen MR) is 102 cm³/mol. The number of carbonyl (C=O) groups is 2. The van der Waals surface area contributed by atoms with Crippen LogP contribution in [0.5, 0.6) is 0 Å². The molecule has 3 aromatic rings. The van der Waals surface area contributed by atoms with E-state index < -0.39 is 5.97 Å². The summed E-state index contributed by atoms with van der Waals surface area (Å²) in [5.41, 5.74) is 2.53. The first-order valence-electron chi connectivity index (χ1n) is 8.88. The lowest BCUT2D eigenvalue weighted by atomic mass is 10.1. The van der Waals surface area contributed by atoms with Crippen LogP contribution in [-0.2, 0) is 27.4 Å². The summed E-state index contributed by atoms with van der Waals surface area (Å²) in [5.74, 6) is 0.312. The lowest BCUT2D eigenvalue weighted by Crippen LogP contribution is -2.23. The fourth-order valence-electron chi connectivity index (χ4n) is 2.82. The largest absolute Gasteiger partial charge is 0.457 e. The van der Waals surface area contributed by atoms with E-state index in [4.69, 9.17) is 9.26 Å². The van der Waals surface area contributed by atoms with E-state index in [0.29, 0.717) is 35.5 Å². The third-order valence-corrected chi connectivity index (χ3v) is 5.21. The SMILES string of the molecule is Cc1ccc(-c2nc(COC(=O)Cc3csc(N4CCCC4=O)n3)no2)cc1. The molecule has 0 N–H and O–H groups in total. The first kappa shape index (κ1) is 18.3. The average molecular weight is 398 g/mol. The third kappa shape index (κ3) is 4.09. The summed E-state index contributed by atoms with van der Waals surface area (Å²) in [6, 6.07) is 7.70. The first-order valence-corrected chi connectivity index (χ1v) is 9.76. The second kappa shape index (κ2) is 7.89. The van der Waals surface area contributed by atoms with Crippen LogP contribution in [0.4, 0.5) is 5.13 Å². The van der Waals surface area contributed by atoms with Gasteiger partial charge in [0.1, 0.15) is 0 Å². The van der Waals surface area contributed by atoms with E-state index in [-0.39, 0.29) is 18.9 Å². The highest BCUT2D eigenvalue weighted by molar-refractivity contribution is 7.14. The number of anilines is 1. The van der Waals surface area contributed by atoms with E-state index in [2.05, 4.69) is 15.1 Å². The Bertz CT molecular complexity index is 996. The molecule has 8 nitrogen and oxygen atoms in total. The fourth-order valence-corrected chi connectivity index (χ4v) is 3.69. The van der Waals surface area contributed by atoms with E-state index in [9.17, 15) is 9.59 Å². The van der Waals surface area contributed by atoms with Crippen molar-refractivity contribution >= 4 is 28.3 Å². The summed E-state index contributed by atoms with van der Waals surface area (Å²) in [6.45, 7) is 2.60. The first-order chi connectivity index (χ1) is 13.6. The topological polar surface area (TPSA) is 98.4 Å². The zero-order valence-corrected chi connectivity index (χ0v) is 16.1. The van der Waals surface area contributed by atoms with Gasteiger partial charge in [0.2, 0.25) is 11.7 Å². The van der Waals surface area contributed by atoms with E-state index in [1.165, 1.54) is 11.3 Å². The molecule has 0 aliphatic carbocycles. The third-order valence-electron chi connectivity index (χ3n) is 4.30. The van der Waals surface area contributed by atoms with Gasteiger partial charge in [-0.15, -0.1) is 11.3 Å². The number of thiazole rings is 1. The van der Waals surface area contributed by atoms with E-state index in [0.717, 1.165) is 17.5 Å². The Morgan fingerprint density at radius 2 is 2.11 bits per heavy atom. The molecule has 0 atom stereocenters. The Labute approximate surface area is 165 Å². The van der Waals surface area contributed by atoms with Gasteiger partial charge in [0, 0.05) is 23.9 Å². The van der Waals surface area contributed by atoms with E-state index in [1.54, 1.807) is 10.3 Å². The van der Waals surface area contributed by atoms with Gasteiger partial charge in [-0.25, -0.2) is 4.98 Å². The Balaban J connectivity index is 1.31. The summed E-state index contributed by atoms with van der Waals surface area (Å²) < 4.78 is 10.4. The molecular formula is C19H18N4O4S. The van der Waals surface area contributed by atoms with Gasteiger partial charge in [-0.2, -0.15) is 4.98 Å². The number of nitrogens with zero attached hydrogens (tertiary/aromatic N) is 4. The van der Waals surface area contributed by atoms with Crippen LogP contribution >= 0.6 is 11.3 Å². The molecule has 0 spiro atoms. The molecule has 1 saturated heterocycles. The highest BCUT2D eigenvalue weighted by Crippen LogP contribution is 2.25. The van der Waals surface area contributed by atoms with Gasteiger partial charge in [0.05, 0.1) is 12.1 Å². The molecule has 0 bridgehead atoms. The molecule has 1 aromatic carbocycles. The number of hydrogen-bond acceptors (Lipinski definition) is 8. The van der Waals surface area contributed by atoms with Crippen molar-refractivity contribution in [3.8, 4) is 11.5 Å². The summed E-state index contributed by atoms with van der Waals surface area (Å²) in [5, 5.41) is 6.24. The molecule has 28 heavy (non-hydrogen) atoms. The van der Waals surface area contributed by atoms with Gasteiger partial charge < -0.3 is 9.26 Å². The minimum absolute atomic E-state index is 0.0290. The smallest absolute Gasteiger partial charge is 0.312 e. The van der Waals surface area contributed by atoms with E-state index >= 15 is 0 Å². The summed E-state index contributed by atoms with van der Waals surface area (Å²) >= 11 is 1.36. The highest BCUT2D eigenvalue weighted by Gasteiger charge is 2.24. The lowest BCUT2D eigenvalue weighted by Gasteiger charge is -2.10. The molecule has 3 heterocycles. The zero-order chi connectivity index (χ0) is 19.5. The maximum Gasteiger partial charge on any atom is 0.312 e. The molecule has 1 aliphatic rings. The molecular weight excluding hydrogens is 380 g/mol. The van der Waals surface area contributed by atoms with Crippen molar-refractivity contribution in [1.29, 1.82) is 0 Å². The molecule has 144 valence electrons. The Morgan fingerprint density at radius 1 is 1.29 bits per heavy atom. The minimum Gasteiger partial charge on any atom is -0.457 e. The number of rotatable bonds is 6. The summed E-state index contributed by atoms with van der Waals surface area (Å²) in [6.07, 6.45) is 1.42. The van der Waals surface area contributed by atoms with Gasteiger partial charge >= 0.3 is 5.97 Å². The molecule has 0 saturated carbocycles. The minimum atomic E-state index is -0.439. The number of benzene rings is 1. The molecule has 1 fully saturated rings. The van der Waals surface area contributed by atoms with Crippen molar-refractivity contribution in [2.24, 2.45) is 0 Å². The Morgan fingerprint density at radius 3 is 2.86 bits per heavy atom. The number of carbonyl (C=O) groups excluding carboxylic acids is 2. The number of esters is 1. The van der Waals surface area contributed by atoms with Crippen molar-refractivity contribution in [1.82, 2.24) is 15.1 Å². The maximum absolute atomic E-state index is 12.1. The van der Waals surface area contributed by atoms with Crippen molar-refractivity contribution in [3.63, 3.8) is 0 Å².